The van der Waals surface area contributed by atoms with E-state index in [0.717, 1.165) is 12.1 Å². The molecule has 0 fully saturated rings. The van der Waals surface area contributed by atoms with Crippen molar-refractivity contribution in [3.8, 4) is 11.5 Å². The molecule has 1 aliphatic heterocycles. The Morgan fingerprint density at radius 1 is 1.32 bits per heavy atom. The van der Waals surface area contributed by atoms with Crippen molar-refractivity contribution >= 4 is 5.97 Å². The van der Waals surface area contributed by atoms with Crippen molar-refractivity contribution in [3.63, 3.8) is 0 Å². The zero-order chi connectivity index (χ0) is 14.2. The highest BCUT2D eigenvalue weighted by Gasteiger charge is 2.34. The molecule has 0 aromatic heterocycles. The fourth-order valence-corrected chi connectivity index (χ4v) is 1.84. The van der Waals surface area contributed by atoms with Crippen molar-refractivity contribution in [2.75, 3.05) is 13.2 Å². The number of halogens is 2. The number of benzene rings is 1. The van der Waals surface area contributed by atoms with Gasteiger partial charge in [0.15, 0.2) is 17.6 Å². The van der Waals surface area contributed by atoms with Crippen molar-refractivity contribution in [2.24, 2.45) is 0 Å². The van der Waals surface area contributed by atoms with Crippen molar-refractivity contribution < 1.29 is 33.3 Å². The highest BCUT2D eigenvalue weighted by atomic mass is 19.3. The molecule has 7 heteroatoms. The molecule has 1 unspecified atom stereocenters. The number of hydrogen-bond acceptors (Lipinski definition) is 4. The van der Waals surface area contributed by atoms with Crippen molar-refractivity contribution in [1.82, 2.24) is 0 Å². The van der Waals surface area contributed by atoms with E-state index >= 15 is 0 Å². The van der Waals surface area contributed by atoms with Gasteiger partial charge in [-0.3, -0.25) is 0 Å². The van der Waals surface area contributed by atoms with E-state index in [-0.39, 0.29) is 24.7 Å². The summed E-state index contributed by atoms with van der Waals surface area (Å²) in [6.45, 7) is 1.08. The molecule has 1 atom stereocenters. The van der Waals surface area contributed by atoms with Gasteiger partial charge >= 0.3 is 5.97 Å². The molecule has 0 amide bonds. The van der Waals surface area contributed by atoms with Crippen LogP contribution < -0.4 is 9.47 Å². The van der Waals surface area contributed by atoms with Gasteiger partial charge in [0.25, 0.3) is 5.92 Å². The van der Waals surface area contributed by atoms with Crippen LogP contribution in [0.5, 0.6) is 11.5 Å². The lowest BCUT2D eigenvalue weighted by atomic mass is 9.97. The molecule has 1 heterocycles. The molecule has 0 bridgehead atoms. The lowest BCUT2D eigenvalue weighted by Crippen LogP contribution is -2.21. The molecule has 1 aromatic rings. The highest BCUT2D eigenvalue weighted by Crippen LogP contribution is 2.41. The minimum Gasteiger partial charge on any atom is -0.486 e. The number of rotatable bonds is 3. The van der Waals surface area contributed by atoms with E-state index < -0.39 is 29.1 Å². The molecule has 2 N–H and O–H groups in total. The summed E-state index contributed by atoms with van der Waals surface area (Å²) in [4.78, 5) is 10.8. The van der Waals surface area contributed by atoms with Crippen molar-refractivity contribution in [2.45, 2.75) is 19.0 Å². The second-order valence-electron chi connectivity index (χ2n) is 4.21. The number of ether oxygens (including phenoxy) is 2. The van der Waals surface area contributed by atoms with Crippen LogP contribution in [0.4, 0.5) is 8.78 Å². The lowest BCUT2D eigenvalue weighted by molar-refractivity contribution is -0.147. The number of alkyl halides is 2. The molecule has 1 aromatic carbocycles. The van der Waals surface area contributed by atoms with Gasteiger partial charge in [0, 0.05) is 18.1 Å². The van der Waals surface area contributed by atoms with Crippen LogP contribution in [0.25, 0.3) is 0 Å². The highest BCUT2D eigenvalue weighted by molar-refractivity contribution is 5.75. The molecule has 0 saturated carbocycles. The normalized spacial score (nSPS) is 16.0. The maximum absolute atomic E-state index is 13.5. The van der Waals surface area contributed by atoms with E-state index in [2.05, 4.69) is 0 Å². The van der Waals surface area contributed by atoms with E-state index in [1.54, 1.807) is 0 Å². The van der Waals surface area contributed by atoms with Crippen LogP contribution in [-0.2, 0) is 10.7 Å². The lowest BCUT2D eigenvalue weighted by Gasteiger charge is -2.24. The van der Waals surface area contributed by atoms with Crippen LogP contribution in [0.3, 0.4) is 0 Å². The third-order valence-electron chi connectivity index (χ3n) is 2.72. The first-order valence-corrected chi connectivity index (χ1v) is 5.53. The number of carbonyl (C=O) groups is 1. The summed E-state index contributed by atoms with van der Waals surface area (Å²) < 4.78 is 37.4. The van der Waals surface area contributed by atoms with Crippen LogP contribution in [-0.4, -0.2) is 29.4 Å². The van der Waals surface area contributed by atoms with Crippen molar-refractivity contribution in [1.29, 1.82) is 0 Å². The van der Waals surface area contributed by atoms with E-state index in [0.29, 0.717) is 6.92 Å². The third-order valence-corrected chi connectivity index (χ3v) is 2.72. The van der Waals surface area contributed by atoms with Crippen LogP contribution in [0.1, 0.15) is 24.2 Å². The Morgan fingerprint density at radius 3 is 2.32 bits per heavy atom. The first-order chi connectivity index (χ1) is 8.80. The number of fused-ring (bicyclic) bond motifs is 1. The summed E-state index contributed by atoms with van der Waals surface area (Å²) in [5.41, 5.74) is -0.990. The monoisotopic (exact) mass is 274 g/mol. The van der Waals surface area contributed by atoms with E-state index in [4.69, 9.17) is 14.6 Å². The average molecular weight is 274 g/mol. The van der Waals surface area contributed by atoms with Gasteiger partial charge in [-0.05, 0) is 12.1 Å². The van der Waals surface area contributed by atoms with Gasteiger partial charge in [-0.2, -0.15) is 0 Å². The SMILES string of the molecule is CC(F)(F)c1cc2c(cc1C(O)C(=O)O)OCCO2. The molecule has 0 spiro atoms. The predicted molar refractivity (Wildman–Crippen MR) is 59.6 cm³/mol. The minimum absolute atomic E-state index is 0.115. The topological polar surface area (TPSA) is 76.0 Å². The zero-order valence-electron chi connectivity index (χ0n) is 10.0. The molecular formula is C12H12F2O5. The number of carboxylic acids is 1. The Hall–Kier alpha value is -1.89. The molecule has 1 aliphatic rings. The summed E-state index contributed by atoms with van der Waals surface area (Å²) in [7, 11) is 0. The Kier molecular flexibility index (Phi) is 3.32. The molecule has 0 saturated heterocycles. The Balaban J connectivity index is 2.59. The Labute approximate surface area is 107 Å². The first-order valence-electron chi connectivity index (χ1n) is 5.53. The summed E-state index contributed by atoms with van der Waals surface area (Å²) >= 11 is 0. The van der Waals surface area contributed by atoms with E-state index in [1.165, 1.54) is 0 Å². The van der Waals surface area contributed by atoms with Gasteiger partial charge in [0.1, 0.15) is 13.2 Å². The van der Waals surface area contributed by atoms with Gasteiger partial charge in [0.05, 0.1) is 0 Å². The largest absolute Gasteiger partial charge is 0.486 e. The molecular weight excluding hydrogens is 262 g/mol. The molecule has 5 nitrogen and oxygen atoms in total. The molecule has 0 aliphatic carbocycles. The number of hydrogen-bond donors (Lipinski definition) is 2. The standard InChI is InChI=1S/C12H12F2O5/c1-12(13,14)7-5-9-8(18-2-3-19-9)4-6(7)10(15)11(16)17/h4-5,10,15H,2-3H2,1H3,(H,16,17). The second kappa shape index (κ2) is 4.65. The fourth-order valence-electron chi connectivity index (χ4n) is 1.84. The maximum Gasteiger partial charge on any atom is 0.337 e. The fraction of sp³-hybridized carbons (Fsp3) is 0.417. The zero-order valence-corrected chi connectivity index (χ0v) is 10.0. The minimum atomic E-state index is -3.30. The van der Waals surface area contributed by atoms with Crippen LogP contribution in [0.15, 0.2) is 12.1 Å². The molecule has 19 heavy (non-hydrogen) atoms. The number of aliphatic hydroxyl groups is 1. The van der Waals surface area contributed by atoms with E-state index in [1.807, 2.05) is 0 Å². The summed E-state index contributed by atoms with van der Waals surface area (Å²) in [6, 6.07) is 2.09. The molecule has 104 valence electrons. The van der Waals surface area contributed by atoms with Gasteiger partial charge in [-0.25, -0.2) is 13.6 Å². The third kappa shape index (κ3) is 2.60. The average Bonchev–Trinajstić information content (AvgIpc) is 2.35. The summed E-state index contributed by atoms with van der Waals surface area (Å²) in [5.74, 6) is -4.65. The van der Waals surface area contributed by atoms with Gasteiger partial charge in [-0.15, -0.1) is 0 Å². The second-order valence-corrected chi connectivity index (χ2v) is 4.21. The first kappa shape index (κ1) is 13.5. The number of carboxylic acid groups (broad SMARTS) is 1. The quantitative estimate of drug-likeness (QED) is 0.877. The van der Waals surface area contributed by atoms with Gasteiger partial charge in [-0.1, -0.05) is 0 Å². The van der Waals surface area contributed by atoms with Gasteiger partial charge < -0.3 is 19.7 Å². The Bertz CT molecular complexity index is 510. The smallest absolute Gasteiger partial charge is 0.337 e. The molecule has 0 radical (unpaired) electrons. The van der Waals surface area contributed by atoms with Crippen LogP contribution in [0, 0.1) is 0 Å². The molecule has 2 rings (SSSR count). The van der Waals surface area contributed by atoms with E-state index in [9.17, 15) is 18.7 Å². The van der Waals surface area contributed by atoms with Crippen LogP contribution >= 0.6 is 0 Å². The van der Waals surface area contributed by atoms with Crippen LogP contribution in [0.2, 0.25) is 0 Å². The number of aliphatic carboxylic acids is 1. The maximum atomic E-state index is 13.5. The van der Waals surface area contributed by atoms with Crippen molar-refractivity contribution in [3.05, 3.63) is 23.3 Å². The Morgan fingerprint density at radius 2 is 1.84 bits per heavy atom. The summed E-state index contributed by atoms with van der Waals surface area (Å²) in [6.07, 6.45) is -2.04. The summed E-state index contributed by atoms with van der Waals surface area (Å²) in [5, 5.41) is 18.3. The predicted octanol–water partition coefficient (Wildman–Crippen LogP) is 1.69. The number of aliphatic hydroxyl groups excluding tert-OH is 1. The van der Waals surface area contributed by atoms with Gasteiger partial charge in [0.2, 0.25) is 0 Å².